The number of nitriles is 2. The molecule has 0 saturated heterocycles. The second-order valence-electron chi connectivity index (χ2n) is 7.81. The SMILES string of the molecule is CCCN1C(=O)c2cc(C#N)c(N=Nc3ccc(N(CC)CC)cc3NC(C)=O)c(C#N)c2C1=O. The van der Waals surface area contributed by atoms with Crippen LogP contribution in [0.5, 0.6) is 0 Å². The lowest BCUT2D eigenvalue weighted by Gasteiger charge is -2.22. The molecule has 0 atom stereocenters. The molecule has 3 rings (SSSR count). The number of hydrogen-bond acceptors (Lipinski definition) is 8. The predicted octanol–water partition coefficient (Wildman–Crippen LogP) is 4.66. The van der Waals surface area contributed by atoms with Crippen molar-refractivity contribution in [3.05, 3.63) is 46.5 Å². The minimum Gasteiger partial charge on any atom is -0.372 e. The minimum absolute atomic E-state index is 0.0120. The van der Waals surface area contributed by atoms with Gasteiger partial charge in [0.15, 0.2) is 0 Å². The molecule has 3 amide bonds. The fourth-order valence-corrected chi connectivity index (χ4v) is 3.95. The Morgan fingerprint density at radius 2 is 1.77 bits per heavy atom. The van der Waals surface area contributed by atoms with E-state index in [9.17, 15) is 24.9 Å². The van der Waals surface area contributed by atoms with E-state index in [1.54, 1.807) is 12.1 Å². The Labute approximate surface area is 203 Å². The predicted molar refractivity (Wildman–Crippen MR) is 130 cm³/mol. The number of nitrogens with zero attached hydrogens (tertiary/aromatic N) is 6. The number of carbonyl (C=O) groups excluding carboxylic acids is 3. The molecule has 0 radical (unpaired) electrons. The molecule has 1 heterocycles. The topological polar surface area (TPSA) is 142 Å². The van der Waals surface area contributed by atoms with Gasteiger partial charge in [-0.2, -0.15) is 10.5 Å². The summed E-state index contributed by atoms with van der Waals surface area (Å²) in [6.45, 7) is 8.97. The normalized spacial score (nSPS) is 12.5. The summed E-state index contributed by atoms with van der Waals surface area (Å²) in [5.74, 6) is -1.43. The second-order valence-corrected chi connectivity index (χ2v) is 7.81. The number of azo groups is 1. The van der Waals surface area contributed by atoms with Crippen LogP contribution in [-0.2, 0) is 4.79 Å². The average Bonchev–Trinajstić information content (AvgIpc) is 3.07. The van der Waals surface area contributed by atoms with Crippen LogP contribution in [0.4, 0.5) is 22.7 Å². The number of fused-ring (bicyclic) bond motifs is 1. The smallest absolute Gasteiger partial charge is 0.262 e. The molecule has 1 aliphatic rings. The van der Waals surface area contributed by atoms with Gasteiger partial charge in [0.25, 0.3) is 11.8 Å². The summed E-state index contributed by atoms with van der Waals surface area (Å²) < 4.78 is 0. The van der Waals surface area contributed by atoms with Gasteiger partial charge in [-0.15, -0.1) is 10.2 Å². The molecule has 2 aromatic carbocycles. The number of benzene rings is 2. The summed E-state index contributed by atoms with van der Waals surface area (Å²) >= 11 is 0. The quantitative estimate of drug-likeness (QED) is 0.438. The van der Waals surface area contributed by atoms with Crippen molar-refractivity contribution in [2.24, 2.45) is 10.2 Å². The van der Waals surface area contributed by atoms with Gasteiger partial charge in [0.1, 0.15) is 23.5 Å². The van der Waals surface area contributed by atoms with E-state index in [4.69, 9.17) is 0 Å². The van der Waals surface area contributed by atoms with Gasteiger partial charge in [-0.05, 0) is 44.5 Å². The second kappa shape index (κ2) is 10.6. The van der Waals surface area contributed by atoms with Gasteiger partial charge in [0.2, 0.25) is 5.91 Å². The molecule has 178 valence electrons. The lowest BCUT2D eigenvalue weighted by atomic mass is 9.97. The molecule has 0 spiro atoms. The maximum Gasteiger partial charge on any atom is 0.262 e. The van der Waals surface area contributed by atoms with Crippen LogP contribution in [0.1, 0.15) is 66.0 Å². The molecule has 1 aliphatic heterocycles. The van der Waals surface area contributed by atoms with Crippen LogP contribution in [0.3, 0.4) is 0 Å². The molecule has 35 heavy (non-hydrogen) atoms. The number of amides is 3. The molecule has 2 aromatic rings. The zero-order valence-corrected chi connectivity index (χ0v) is 20.0. The van der Waals surface area contributed by atoms with E-state index in [-0.39, 0.29) is 40.4 Å². The fraction of sp³-hybridized carbons (Fsp3) is 0.320. The van der Waals surface area contributed by atoms with Crippen LogP contribution < -0.4 is 10.2 Å². The standard InChI is InChI=1S/C25H25N7O3/c1-5-10-32-24(34)18-11-16(13-26)23(19(14-27)22(18)25(32)35)30-29-20-9-8-17(31(6-2)7-3)12-21(20)28-15(4)33/h8-9,11-12H,5-7,10H2,1-4H3,(H,28,33). The van der Waals surface area contributed by atoms with Gasteiger partial charge >= 0.3 is 0 Å². The van der Waals surface area contributed by atoms with E-state index < -0.39 is 11.8 Å². The van der Waals surface area contributed by atoms with Gasteiger partial charge in [-0.3, -0.25) is 19.3 Å². The van der Waals surface area contributed by atoms with Crippen molar-refractivity contribution in [3.8, 4) is 12.1 Å². The molecule has 10 heteroatoms. The highest BCUT2D eigenvalue weighted by Gasteiger charge is 2.39. The molecule has 0 bridgehead atoms. The lowest BCUT2D eigenvalue weighted by Crippen LogP contribution is -2.30. The molecule has 0 aliphatic carbocycles. The van der Waals surface area contributed by atoms with Crippen molar-refractivity contribution in [1.82, 2.24) is 4.90 Å². The summed E-state index contributed by atoms with van der Waals surface area (Å²) in [7, 11) is 0. The Morgan fingerprint density at radius 1 is 1.06 bits per heavy atom. The van der Waals surface area contributed by atoms with Gasteiger partial charge in [-0.25, -0.2) is 0 Å². The zero-order valence-electron chi connectivity index (χ0n) is 20.0. The summed E-state index contributed by atoms with van der Waals surface area (Å²) in [6, 6.07) is 10.4. The molecular weight excluding hydrogens is 446 g/mol. The van der Waals surface area contributed by atoms with Crippen molar-refractivity contribution in [3.63, 3.8) is 0 Å². The van der Waals surface area contributed by atoms with E-state index in [2.05, 4.69) is 20.4 Å². The third-order valence-electron chi connectivity index (χ3n) is 5.59. The Morgan fingerprint density at radius 3 is 2.34 bits per heavy atom. The average molecular weight is 472 g/mol. The van der Waals surface area contributed by atoms with Crippen molar-refractivity contribution >= 4 is 40.5 Å². The van der Waals surface area contributed by atoms with Gasteiger partial charge < -0.3 is 10.2 Å². The first kappa shape index (κ1) is 25.1. The van der Waals surface area contributed by atoms with E-state index in [0.29, 0.717) is 17.8 Å². The number of imide groups is 1. The molecule has 0 unspecified atom stereocenters. The number of hydrogen-bond donors (Lipinski definition) is 1. The van der Waals surface area contributed by atoms with Gasteiger partial charge in [0, 0.05) is 32.2 Å². The highest BCUT2D eigenvalue weighted by molar-refractivity contribution is 6.23. The highest BCUT2D eigenvalue weighted by Crippen LogP contribution is 2.37. The first-order valence-corrected chi connectivity index (χ1v) is 11.3. The molecule has 0 saturated carbocycles. The first-order valence-electron chi connectivity index (χ1n) is 11.3. The maximum atomic E-state index is 12.9. The van der Waals surface area contributed by atoms with Gasteiger partial charge in [0.05, 0.1) is 27.9 Å². The van der Waals surface area contributed by atoms with Crippen LogP contribution in [0.25, 0.3) is 0 Å². The highest BCUT2D eigenvalue weighted by atomic mass is 16.2. The molecule has 10 nitrogen and oxygen atoms in total. The lowest BCUT2D eigenvalue weighted by molar-refractivity contribution is -0.114. The monoisotopic (exact) mass is 471 g/mol. The number of anilines is 2. The Bertz CT molecular complexity index is 1310. The molecule has 0 aromatic heterocycles. The van der Waals surface area contributed by atoms with Crippen LogP contribution in [0.15, 0.2) is 34.5 Å². The van der Waals surface area contributed by atoms with Crippen molar-refractivity contribution in [2.75, 3.05) is 29.9 Å². The maximum absolute atomic E-state index is 12.9. The van der Waals surface area contributed by atoms with Crippen LogP contribution >= 0.6 is 0 Å². The number of nitrogens with one attached hydrogen (secondary N) is 1. The first-order chi connectivity index (χ1) is 16.8. The third kappa shape index (κ3) is 4.73. The largest absolute Gasteiger partial charge is 0.372 e. The third-order valence-corrected chi connectivity index (χ3v) is 5.59. The van der Waals surface area contributed by atoms with E-state index in [1.807, 2.05) is 39.0 Å². The summed E-state index contributed by atoms with van der Waals surface area (Å²) in [4.78, 5) is 40.5. The Balaban J connectivity index is 2.14. The van der Waals surface area contributed by atoms with Crippen molar-refractivity contribution < 1.29 is 14.4 Å². The van der Waals surface area contributed by atoms with Crippen molar-refractivity contribution in [1.29, 1.82) is 10.5 Å². The number of rotatable bonds is 8. The minimum atomic E-state index is -0.591. The van der Waals surface area contributed by atoms with Crippen molar-refractivity contribution in [2.45, 2.75) is 34.1 Å². The van der Waals surface area contributed by atoms with E-state index in [0.717, 1.165) is 23.7 Å². The number of carbonyl (C=O) groups is 3. The molecular formula is C25H25N7O3. The summed E-state index contributed by atoms with van der Waals surface area (Å²) in [5, 5.41) is 30.6. The van der Waals surface area contributed by atoms with E-state index in [1.165, 1.54) is 13.0 Å². The Kier molecular flexibility index (Phi) is 7.57. The summed E-state index contributed by atoms with van der Waals surface area (Å²) in [6.07, 6.45) is 0.556. The Hall–Kier alpha value is -4.57. The zero-order chi connectivity index (χ0) is 25.7. The van der Waals surface area contributed by atoms with Crippen LogP contribution in [-0.4, -0.2) is 42.3 Å². The van der Waals surface area contributed by atoms with Crippen LogP contribution in [0, 0.1) is 22.7 Å². The summed E-state index contributed by atoms with van der Waals surface area (Å²) in [5.41, 5.74) is 1.20. The van der Waals surface area contributed by atoms with Gasteiger partial charge in [-0.1, -0.05) is 6.92 Å². The fourth-order valence-electron chi connectivity index (χ4n) is 3.95. The van der Waals surface area contributed by atoms with Crippen LogP contribution in [0.2, 0.25) is 0 Å². The molecule has 0 fully saturated rings. The molecule has 1 N–H and O–H groups in total. The van der Waals surface area contributed by atoms with E-state index >= 15 is 0 Å².